The minimum Gasteiger partial charge on any atom is -0.493 e. The number of benzene rings is 1. The minimum atomic E-state index is -4.17. The monoisotopic (exact) mass is 535 g/mol. The van der Waals surface area contributed by atoms with Crippen LogP contribution in [0.1, 0.15) is 5.56 Å². The van der Waals surface area contributed by atoms with Gasteiger partial charge in [-0.15, -0.1) is 0 Å². The Morgan fingerprint density at radius 2 is 1.79 bits per heavy atom. The first-order valence-electron chi connectivity index (χ1n) is 11.3. The van der Waals surface area contributed by atoms with Gasteiger partial charge in [-0.1, -0.05) is 30.9 Å². The summed E-state index contributed by atoms with van der Waals surface area (Å²) in [5.74, 6) is 0.869. The molecule has 4 rings (SSSR count). The Labute approximate surface area is 220 Å². The van der Waals surface area contributed by atoms with Crippen LogP contribution in [0.4, 0.5) is 5.82 Å². The molecule has 0 spiro atoms. The summed E-state index contributed by atoms with van der Waals surface area (Å²) in [4.78, 5) is 17.1. The Kier molecular flexibility index (Phi) is 8.02. The van der Waals surface area contributed by atoms with Crippen molar-refractivity contribution >= 4 is 15.8 Å². The number of pyridine rings is 2. The second kappa shape index (κ2) is 11.6. The van der Waals surface area contributed by atoms with E-state index in [9.17, 15) is 8.42 Å². The number of para-hydroxylation sites is 2. The number of nitrogens with one attached hydrogen (secondary N) is 1. The van der Waals surface area contributed by atoms with Gasteiger partial charge in [-0.25, -0.2) is 15.0 Å². The van der Waals surface area contributed by atoms with Crippen LogP contribution >= 0.6 is 0 Å². The van der Waals surface area contributed by atoms with E-state index in [0.29, 0.717) is 22.9 Å². The normalized spacial score (nSPS) is 10.9. The standard InChI is InChI=1S/C26H25N5O6S/c1-5-14-36-21-15-18(12-13-27-21)24-29-25(31-38(32,33)22-11-10-17(2)16-28-22)23(26(30-24)35-4)37-20-9-7-6-8-19(20)34-3/h5-13,15-16H,1,14H2,2-4H3,(H,29,30,31). The Hall–Kier alpha value is -4.71. The zero-order chi connectivity index (χ0) is 27.1. The Morgan fingerprint density at radius 3 is 2.47 bits per heavy atom. The summed E-state index contributed by atoms with van der Waals surface area (Å²) in [6.07, 6.45) is 4.56. The van der Waals surface area contributed by atoms with Gasteiger partial charge < -0.3 is 18.9 Å². The molecule has 1 N–H and O–H groups in total. The number of anilines is 1. The topological polar surface area (TPSA) is 135 Å². The molecule has 3 heterocycles. The molecule has 0 saturated carbocycles. The summed E-state index contributed by atoms with van der Waals surface area (Å²) < 4.78 is 51.4. The van der Waals surface area contributed by atoms with E-state index in [2.05, 4.69) is 31.2 Å². The fourth-order valence-electron chi connectivity index (χ4n) is 3.24. The summed E-state index contributed by atoms with van der Waals surface area (Å²) in [6.45, 7) is 5.68. The number of ether oxygens (including phenoxy) is 4. The molecule has 3 aromatic heterocycles. The summed E-state index contributed by atoms with van der Waals surface area (Å²) >= 11 is 0. The van der Waals surface area contributed by atoms with Crippen LogP contribution in [-0.4, -0.2) is 49.2 Å². The largest absolute Gasteiger partial charge is 0.493 e. The molecule has 0 bridgehead atoms. The maximum absolute atomic E-state index is 13.3. The highest BCUT2D eigenvalue weighted by Gasteiger charge is 2.25. The maximum atomic E-state index is 13.3. The number of aromatic nitrogens is 4. The van der Waals surface area contributed by atoms with Gasteiger partial charge in [0.25, 0.3) is 15.9 Å². The number of hydrogen-bond acceptors (Lipinski definition) is 10. The van der Waals surface area contributed by atoms with Crippen LogP contribution in [0.5, 0.6) is 29.0 Å². The van der Waals surface area contributed by atoms with E-state index in [1.807, 2.05) is 0 Å². The number of sulfonamides is 1. The number of rotatable bonds is 11. The number of hydrogen-bond donors (Lipinski definition) is 1. The molecular weight excluding hydrogens is 510 g/mol. The van der Waals surface area contributed by atoms with E-state index in [4.69, 9.17) is 18.9 Å². The molecule has 0 aliphatic carbocycles. The van der Waals surface area contributed by atoms with Crippen LogP contribution in [0.3, 0.4) is 0 Å². The smallest absolute Gasteiger partial charge is 0.280 e. The van der Waals surface area contributed by atoms with E-state index in [-0.39, 0.29) is 34.9 Å². The van der Waals surface area contributed by atoms with Crippen molar-refractivity contribution in [2.24, 2.45) is 0 Å². The summed E-state index contributed by atoms with van der Waals surface area (Å²) in [7, 11) is -1.30. The molecule has 0 fully saturated rings. The molecule has 196 valence electrons. The van der Waals surface area contributed by atoms with E-state index in [1.165, 1.54) is 32.7 Å². The van der Waals surface area contributed by atoms with E-state index >= 15 is 0 Å². The molecular formula is C26H25N5O6S. The molecule has 4 aromatic rings. The molecule has 0 saturated heterocycles. The van der Waals surface area contributed by atoms with E-state index in [0.717, 1.165) is 5.56 Å². The van der Waals surface area contributed by atoms with Crippen molar-refractivity contribution in [2.45, 2.75) is 11.9 Å². The SMILES string of the molecule is C=CCOc1cc(-c2nc(NS(=O)(=O)c3ccc(C)cn3)c(Oc3ccccc3OC)c(OC)n2)ccn1. The van der Waals surface area contributed by atoms with Gasteiger partial charge in [0.2, 0.25) is 11.6 Å². The van der Waals surface area contributed by atoms with Gasteiger partial charge in [0.15, 0.2) is 28.2 Å². The predicted molar refractivity (Wildman–Crippen MR) is 140 cm³/mol. The quantitative estimate of drug-likeness (QED) is 0.275. The molecule has 0 amide bonds. The Bertz CT molecular complexity index is 1540. The molecule has 0 radical (unpaired) electrons. The number of methoxy groups -OCH3 is 2. The van der Waals surface area contributed by atoms with E-state index in [1.54, 1.807) is 55.5 Å². The van der Waals surface area contributed by atoms with Crippen LogP contribution in [-0.2, 0) is 10.0 Å². The third-order valence-corrected chi connectivity index (χ3v) is 6.30. The van der Waals surface area contributed by atoms with Crippen LogP contribution in [0.2, 0.25) is 0 Å². The molecule has 0 aliphatic heterocycles. The summed E-state index contributed by atoms with van der Waals surface area (Å²) in [5.41, 5.74) is 1.30. The molecule has 12 heteroatoms. The van der Waals surface area contributed by atoms with Crippen molar-refractivity contribution in [3.05, 3.63) is 79.1 Å². The van der Waals surface area contributed by atoms with Gasteiger partial charge in [-0.3, -0.25) is 4.72 Å². The average molecular weight is 536 g/mol. The van der Waals surface area contributed by atoms with Crippen molar-refractivity contribution in [3.63, 3.8) is 0 Å². The predicted octanol–water partition coefficient (Wildman–Crippen LogP) is 4.42. The summed E-state index contributed by atoms with van der Waals surface area (Å²) in [6, 6.07) is 13.1. The number of aryl methyl sites for hydroxylation is 1. The third-order valence-electron chi connectivity index (χ3n) is 5.04. The van der Waals surface area contributed by atoms with Crippen molar-refractivity contribution in [1.29, 1.82) is 0 Å². The Morgan fingerprint density at radius 1 is 1.00 bits per heavy atom. The first kappa shape index (κ1) is 26.4. The van der Waals surface area contributed by atoms with Crippen molar-refractivity contribution in [1.82, 2.24) is 19.9 Å². The zero-order valence-electron chi connectivity index (χ0n) is 20.9. The van der Waals surface area contributed by atoms with Crippen LogP contribution in [0.25, 0.3) is 11.4 Å². The lowest BCUT2D eigenvalue weighted by Crippen LogP contribution is -2.17. The fraction of sp³-hybridized carbons (Fsp3) is 0.154. The van der Waals surface area contributed by atoms with Crippen molar-refractivity contribution in [2.75, 3.05) is 25.5 Å². The molecule has 11 nitrogen and oxygen atoms in total. The van der Waals surface area contributed by atoms with Gasteiger partial charge in [-0.05, 0) is 36.8 Å². The highest BCUT2D eigenvalue weighted by Crippen LogP contribution is 2.41. The lowest BCUT2D eigenvalue weighted by molar-refractivity contribution is 0.347. The zero-order valence-corrected chi connectivity index (χ0v) is 21.7. The fourth-order valence-corrected chi connectivity index (χ4v) is 4.17. The molecule has 38 heavy (non-hydrogen) atoms. The van der Waals surface area contributed by atoms with Crippen LogP contribution < -0.4 is 23.7 Å². The van der Waals surface area contributed by atoms with Gasteiger partial charge in [0.05, 0.1) is 14.2 Å². The highest BCUT2D eigenvalue weighted by atomic mass is 32.2. The maximum Gasteiger partial charge on any atom is 0.280 e. The van der Waals surface area contributed by atoms with Crippen molar-refractivity contribution in [3.8, 4) is 40.4 Å². The third kappa shape index (κ3) is 5.98. The van der Waals surface area contributed by atoms with Crippen molar-refractivity contribution < 1.29 is 27.4 Å². The molecule has 0 atom stereocenters. The molecule has 0 unspecified atom stereocenters. The first-order valence-corrected chi connectivity index (χ1v) is 12.8. The summed E-state index contributed by atoms with van der Waals surface area (Å²) in [5, 5.41) is -0.200. The van der Waals surface area contributed by atoms with Gasteiger partial charge in [0.1, 0.15) is 6.61 Å². The lowest BCUT2D eigenvalue weighted by atomic mass is 10.2. The highest BCUT2D eigenvalue weighted by molar-refractivity contribution is 7.92. The minimum absolute atomic E-state index is 0.0270. The molecule has 0 aliphatic rings. The van der Waals surface area contributed by atoms with E-state index < -0.39 is 10.0 Å². The second-order valence-corrected chi connectivity index (χ2v) is 9.38. The van der Waals surface area contributed by atoms with Gasteiger partial charge in [0, 0.05) is 24.0 Å². The van der Waals surface area contributed by atoms with Crippen LogP contribution in [0, 0.1) is 6.92 Å². The second-order valence-electron chi connectivity index (χ2n) is 7.75. The van der Waals surface area contributed by atoms with Crippen LogP contribution in [0.15, 0.2) is 78.6 Å². The number of nitrogens with zero attached hydrogens (tertiary/aromatic N) is 4. The lowest BCUT2D eigenvalue weighted by Gasteiger charge is -2.17. The van der Waals surface area contributed by atoms with Gasteiger partial charge in [-0.2, -0.15) is 13.4 Å². The average Bonchev–Trinajstić information content (AvgIpc) is 2.93. The van der Waals surface area contributed by atoms with Gasteiger partial charge >= 0.3 is 0 Å². The molecule has 1 aromatic carbocycles. The Balaban J connectivity index is 1.85. The first-order chi connectivity index (χ1) is 18.3.